The molecule has 0 saturated carbocycles. The molecule has 0 aliphatic carbocycles. The van der Waals surface area contributed by atoms with E-state index in [1.165, 1.54) is 11.1 Å². The van der Waals surface area contributed by atoms with Gasteiger partial charge in [0.05, 0.1) is 11.0 Å². The molecule has 8 rings (SSSR count). The van der Waals surface area contributed by atoms with Crippen LogP contribution in [0.4, 0.5) is 0 Å². The van der Waals surface area contributed by atoms with Crippen molar-refractivity contribution < 1.29 is 0 Å². The van der Waals surface area contributed by atoms with Crippen LogP contribution >= 0.6 is 11.3 Å². The third-order valence-electron chi connectivity index (χ3n) is 7.55. The van der Waals surface area contributed by atoms with Crippen molar-refractivity contribution in [3.05, 3.63) is 138 Å². The van der Waals surface area contributed by atoms with Gasteiger partial charge in [-0.3, -0.25) is 9.20 Å². The molecule has 8 aromatic rings. The highest BCUT2D eigenvalue weighted by Crippen LogP contribution is 2.42. The van der Waals surface area contributed by atoms with Crippen LogP contribution in [0.3, 0.4) is 0 Å². The molecule has 0 atom stereocenters. The molecule has 0 amide bonds. The summed E-state index contributed by atoms with van der Waals surface area (Å²) in [6.45, 7) is 0. The van der Waals surface area contributed by atoms with E-state index in [1.807, 2.05) is 34.7 Å². The van der Waals surface area contributed by atoms with Crippen LogP contribution in [0.15, 0.2) is 132 Å². The molecule has 0 N–H and O–H groups in total. The Morgan fingerprint density at radius 3 is 1.68 bits per heavy atom. The normalized spacial score (nSPS) is 11.8. The molecule has 3 heterocycles. The smallest absolute Gasteiger partial charge is 0.273 e. The third-order valence-corrected chi connectivity index (χ3v) is 8.73. The van der Waals surface area contributed by atoms with Crippen LogP contribution in [0.5, 0.6) is 0 Å². The van der Waals surface area contributed by atoms with Gasteiger partial charge in [0, 0.05) is 26.4 Å². The van der Waals surface area contributed by atoms with Crippen LogP contribution in [0, 0.1) is 0 Å². The van der Waals surface area contributed by atoms with E-state index in [2.05, 4.69) is 97.1 Å². The molecule has 0 aliphatic heterocycles. The molecule has 2 nitrogen and oxygen atoms in total. The van der Waals surface area contributed by atoms with Crippen LogP contribution in [-0.2, 0) is 0 Å². The molecule has 178 valence electrons. The number of rotatable bonds is 3. The lowest BCUT2D eigenvalue weighted by atomic mass is 9.97. The molecule has 0 aliphatic rings. The summed E-state index contributed by atoms with van der Waals surface area (Å²) in [7, 11) is 0. The monoisotopic (exact) mass is 503 g/mol. The van der Waals surface area contributed by atoms with E-state index in [4.69, 9.17) is 0 Å². The summed E-state index contributed by atoms with van der Waals surface area (Å²) in [4.78, 5) is 15.2. The highest BCUT2D eigenvalue weighted by Gasteiger charge is 2.21. The zero-order valence-electron chi connectivity index (χ0n) is 20.4. The van der Waals surface area contributed by atoms with Gasteiger partial charge in [-0.05, 0) is 58.1 Å². The number of hydrogen-bond acceptors (Lipinski definition) is 2. The second-order valence-electron chi connectivity index (χ2n) is 9.74. The molecule has 0 spiro atoms. The number of fused-ring (bicyclic) bond motifs is 5. The lowest BCUT2D eigenvalue weighted by molar-refractivity contribution is 1.21. The minimum absolute atomic E-state index is 0.0552. The molecule has 0 fully saturated rings. The number of thiophene rings is 1. The van der Waals surface area contributed by atoms with E-state index in [9.17, 15) is 4.79 Å². The van der Waals surface area contributed by atoms with Crippen LogP contribution in [0.1, 0.15) is 0 Å². The van der Waals surface area contributed by atoms with Crippen LogP contribution in [-0.4, -0.2) is 4.40 Å². The fraction of sp³-hybridized carbons (Fsp3) is 0. The number of pyridine rings is 1. The fourth-order valence-electron chi connectivity index (χ4n) is 5.77. The van der Waals surface area contributed by atoms with Crippen LogP contribution in [0.25, 0.3) is 70.0 Å². The standard InChI is InChI=1S/C35H21NOS/c37-35-34-30(21-32(38-34)24-14-8-3-9-15-24)29-20-26(23-12-6-2-7-13-23)19-28-27-18-25(22-10-4-1-5-11-22)16-17-31(27)36(35)33(28)29/h1-21H. The first-order valence-corrected chi connectivity index (χ1v) is 13.6. The Kier molecular flexibility index (Phi) is 4.58. The van der Waals surface area contributed by atoms with Gasteiger partial charge in [-0.25, -0.2) is 0 Å². The quantitative estimate of drug-likeness (QED) is 0.235. The van der Waals surface area contributed by atoms with Gasteiger partial charge in [-0.1, -0.05) is 97.1 Å². The van der Waals surface area contributed by atoms with E-state index in [0.717, 1.165) is 58.8 Å². The minimum Gasteiger partial charge on any atom is -0.274 e. The molecule has 0 bridgehead atoms. The molecule has 5 aromatic carbocycles. The number of nitrogens with zero attached hydrogens (tertiary/aromatic N) is 1. The summed E-state index contributed by atoms with van der Waals surface area (Å²) in [5.41, 5.74) is 7.79. The summed E-state index contributed by atoms with van der Waals surface area (Å²) in [5, 5.41) is 4.36. The lowest BCUT2D eigenvalue weighted by Crippen LogP contribution is -2.11. The maximum Gasteiger partial charge on any atom is 0.273 e. The van der Waals surface area contributed by atoms with Crippen LogP contribution < -0.4 is 5.56 Å². The van der Waals surface area contributed by atoms with Gasteiger partial charge in [0.2, 0.25) is 0 Å². The van der Waals surface area contributed by atoms with E-state index < -0.39 is 0 Å². The Morgan fingerprint density at radius 1 is 0.474 bits per heavy atom. The van der Waals surface area contributed by atoms with E-state index in [-0.39, 0.29) is 5.56 Å². The minimum atomic E-state index is 0.0552. The molecule has 3 aromatic heterocycles. The number of benzene rings is 5. The second-order valence-corrected chi connectivity index (χ2v) is 10.8. The molecule has 0 saturated heterocycles. The first kappa shape index (κ1) is 21.4. The summed E-state index contributed by atoms with van der Waals surface area (Å²) in [6, 6.07) is 44.5. The van der Waals surface area contributed by atoms with E-state index in [1.54, 1.807) is 11.3 Å². The van der Waals surface area contributed by atoms with Crippen molar-refractivity contribution in [2.24, 2.45) is 0 Å². The highest BCUT2D eigenvalue weighted by atomic mass is 32.1. The SMILES string of the molecule is O=c1c2sc(-c3ccccc3)cc2c2cc(-c3ccccc3)cc3c4cc(-c5ccccc5)ccc4n1c23. The second kappa shape index (κ2) is 8.14. The molecular weight excluding hydrogens is 482 g/mol. The van der Waals surface area contributed by atoms with Gasteiger partial charge < -0.3 is 0 Å². The van der Waals surface area contributed by atoms with Crippen molar-refractivity contribution >= 4 is 48.6 Å². The topological polar surface area (TPSA) is 21.5 Å². The number of hydrogen-bond donors (Lipinski definition) is 0. The predicted octanol–water partition coefficient (Wildman–Crippen LogP) is 9.26. The average molecular weight is 504 g/mol. The van der Waals surface area contributed by atoms with Crippen molar-refractivity contribution in [1.82, 2.24) is 4.40 Å². The van der Waals surface area contributed by atoms with Gasteiger partial charge in [-0.2, -0.15) is 0 Å². The van der Waals surface area contributed by atoms with Gasteiger partial charge in [0.15, 0.2) is 0 Å². The molecule has 0 unspecified atom stereocenters. The predicted molar refractivity (Wildman–Crippen MR) is 162 cm³/mol. The van der Waals surface area contributed by atoms with Gasteiger partial charge >= 0.3 is 0 Å². The molecule has 38 heavy (non-hydrogen) atoms. The summed E-state index contributed by atoms with van der Waals surface area (Å²) in [6.07, 6.45) is 0. The zero-order chi connectivity index (χ0) is 25.2. The Balaban J connectivity index is 1.53. The first-order valence-electron chi connectivity index (χ1n) is 12.7. The Morgan fingerprint density at radius 2 is 1.03 bits per heavy atom. The fourth-order valence-corrected chi connectivity index (χ4v) is 6.88. The first-order chi connectivity index (χ1) is 18.8. The van der Waals surface area contributed by atoms with Crippen molar-refractivity contribution in [2.75, 3.05) is 0 Å². The summed E-state index contributed by atoms with van der Waals surface area (Å²) in [5.74, 6) is 0. The Hall–Kier alpha value is -4.73. The molecular formula is C35H21NOS. The van der Waals surface area contributed by atoms with Gasteiger partial charge in [0.1, 0.15) is 4.70 Å². The van der Waals surface area contributed by atoms with E-state index in [0.29, 0.717) is 0 Å². The largest absolute Gasteiger partial charge is 0.274 e. The maximum atomic E-state index is 14.1. The van der Waals surface area contributed by atoms with Crippen molar-refractivity contribution in [3.63, 3.8) is 0 Å². The molecule has 0 radical (unpaired) electrons. The number of aromatic nitrogens is 1. The van der Waals surface area contributed by atoms with Crippen molar-refractivity contribution in [3.8, 4) is 32.7 Å². The maximum absolute atomic E-state index is 14.1. The molecule has 3 heteroatoms. The van der Waals surface area contributed by atoms with Gasteiger partial charge in [-0.15, -0.1) is 11.3 Å². The average Bonchev–Trinajstić information content (AvgIpc) is 3.58. The summed E-state index contributed by atoms with van der Waals surface area (Å²) < 4.78 is 2.74. The third kappa shape index (κ3) is 3.09. The Labute approximate surface area is 223 Å². The van der Waals surface area contributed by atoms with Crippen LogP contribution in [0.2, 0.25) is 0 Å². The lowest BCUT2D eigenvalue weighted by Gasteiger charge is -2.07. The van der Waals surface area contributed by atoms with Crippen molar-refractivity contribution in [2.45, 2.75) is 0 Å². The zero-order valence-corrected chi connectivity index (χ0v) is 21.2. The van der Waals surface area contributed by atoms with E-state index >= 15 is 0 Å². The summed E-state index contributed by atoms with van der Waals surface area (Å²) >= 11 is 1.59. The highest BCUT2D eigenvalue weighted by molar-refractivity contribution is 7.22. The van der Waals surface area contributed by atoms with Crippen molar-refractivity contribution in [1.29, 1.82) is 0 Å². The van der Waals surface area contributed by atoms with Gasteiger partial charge in [0.25, 0.3) is 5.56 Å². The Bertz CT molecular complexity index is 2180.